The molecular weight excluding hydrogens is 239 g/mol. The molecular formula is C13H18ClFN2. The Morgan fingerprint density at radius 3 is 2.82 bits per heavy atom. The molecule has 0 amide bonds. The summed E-state index contributed by atoms with van der Waals surface area (Å²) in [5, 5.41) is 7.25. The maximum Gasteiger partial charge on any atom is 0.127 e. The highest BCUT2D eigenvalue weighted by atomic mass is 35.5. The average molecular weight is 257 g/mol. The molecule has 1 aliphatic heterocycles. The van der Waals surface area contributed by atoms with Gasteiger partial charge in [0, 0.05) is 11.1 Å². The molecule has 1 aromatic rings. The Morgan fingerprint density at radius 2 is 2.12 bits per heavy atom. The van der Waals surface area contributed by atoms with Crippen LogP contribution in [0.4, 0.5) is 4.39 Å². The van der Waals surface area contributed by atoms with Crippen molar-refractivity contribution < 1.29 is 4.39 Å². The molecule has 2 rings (SSSR count). The van der Waals surface area contributed by atoms with E-state index < -0.39 is 0 Å². The van der Waals surface area contributed by atoms with Crippen LogP contribution in [-0.4, -0.2) is 25.7 Å². The van der Waals surface area contributed by atoms with Crippen molar-refractivity contribution in [2.24, 2.45) is 0 Å². The molecule has 94 valence electrons. The topological polar surface area (TPSA) is 24.1 Å². The summed E-state index contributed by atoms with van der Waals surface area (Å²) in [5.74, 6) is -0.204. The molecule has 1 aliphatic rings. The van der Waals surface area contributed by atoms with Crippen LogP contribution < -0.4 is 10.6 Å². The summed E-state index contributed by atoms with van der Waals surface area (Å²) in [6.07, 6.45) is 3.03. The third-order valence-corrected chi connectivity index (χ3v) is 3.42. The first-order chi connectivity index (χ1) is 8.25. The van der Waals surface area contributed by atoms with E-state index in [1.54, 1.807) is 12.1 Å². The third-order valence-electron chi connectivity index (χ3n) is 3.18. The molecule has 1 aromatic carbocycles. The van der Waals surface area contributed by atoms with E-state index in [4.69, 9.17) is 11.6 Å². The lowest BCUT2D eigenvalue weighted by Gasteiger charge is -2.23. The zero-order valence-electron chi connectivity index (χ0n) is 9.81. The van der Waals surface area contributed by atoms with Crippen LogP contribution in [0.15, 0.2) is 18.2 Å². The molecule has 0 unspecified atom stereocenters. The average Bonchev–Trinajstić information content (AvgIpc) is 2.33. The molecule has 4 heteroatoms. The van der Waals surface area contributed by atoms with Crippen LogP contribution in [0.2, 0.25) is 5.02 Å². The second-order valence-electron chi connectivity index (χ2n) is 4.46. The summed E-state index contributed by atoms with van der Waals surface area (Å²) >= 11 is 5.71. The van der Waals surface area contributed by atoms with Crippen molar-refractivity contribution in [3.8, 4) is 0 Å². The van der Waals surface area contributed by atoms with Crippen molar-refractivity contribution >= 4 is 11.6 Å². The molecule has 1 fully saturated rings. The zero-order valence-corrected chi connectivity index (χ0v) is 10.6. The van der Waals surface area contributed by atoms with Gasteiger partial charge in [-0.2, -0.15) is 0 Å². The highest BCUT2D eigenvalue weighted by Crippen LogP contribution is 2.14. The monoisotopic (exact) mass is 256 g/mol. The van der Waals surface area contributed by atoms with Crippen LogP contribution in [-0.2, 0) is 6.42 Å². The second kappa shape index (κ2) is 6.34. The van der Waals surface area contributed by atoms with Gasteiger partial charge in [0.15, 0.2) is 0 Å². The second-order valence-corrected chi connectivity index (χ2v) is 4.90. The predicted molar refractivity (Wildman–Crippen MR) is 69.0 cm³/mol. The van der Waals surface area contributed by atoms with Crippen molar-refractivity contribution in [3.63, 3.8) is 0 Å². The number of rotatable bonds is 4. The van der Waals surface area contributed by atoms with E-state index in [1.807, 2.05) is 0 Å². The van der Waals surface area contributed by atoms with Crippen LogP contribution in [0.5, 0.6) is 0 Å². The van der Waals surface area contributed by atoms with Gasteiger partial charge < -0.3 is 10.6 Å². The molecule has 0 atom stereocenters. The van der Waals surface area contributed by atoms with Crippen LogP contribution in [0, 0.1) is 5.82 Å². The smallest absolute Gasteiger partial charge is 0.127 e. The van der Waals surface area contributed by atoms with Gasteiger partial charge >= 0.3 is 0 Å². The van der Waals surface area contributed by atoms with Gasteiger partial charge in [-0.05, 0) is 56.6 Å². The fourth-order valence-corrected chi connectivity index (χ4v) is 2.32. The number of benzene rings is 1. The lowest BCUT2D eigenvalue weighted by Crippen LogP contribution is -2.40. The standard InChI is InChI=1S/C13H18ClFN2/c14-11-2-1-10(13(15)9-11)3-8-17-12-4-6-16-7-5-12/h1-2,9,12,16-17H,3-8H2. The lowest BCUT2D eigenvalue weighted by molar-refractivity contribution is 0.389. The minimum Gasteiger partial charge on any atom is -0.317 e. The molecule has 2 N–H and O–H groups in total. The van der Waals surface area contributed by atoms with E-state index in [-0.39, 0.29) is 5.82 Å². The quantitative estimate of drug-likeness (QED) is 0.864. The normalized spacial score (nSPS) is 17.3. The Bertz CT molecular complexity index is 364. The van der Waals surface area contributed by atoms with Crippen molar-refractivity contribution in [2.75, 3.05) is 19.6 Å². The van der Waals surface area contributed by atoms with E-state index >= 15 is 0 Å². The van der Waals surface area contributed by atoms with E-state index in [0.29, 0.717) is 17.5 Å². The largest absolute Gasteiger partial charge is 0.317 e. The van der Waals surface area contributed by atoms with E-state index in [9.17, 15) is 4.39 Å². The van der Waals surface area contributed by atoms with Crippen LogP contribution in [0.25, 0.3) is 0 Å². The SMILES string of the molecule is Fc1cc(Cl)ccc1CCNC1CCNCC1. The highest BCUT2D eigenvalue weighted by molar-refractivity contribution is 6.30. The molecule has 0 bridgehead atoms. The van der Waals surface area contributed by atoms with Gasteiger partial charge in [0.25, 0.3) is 0 Å². The molecule has 17 heavy (non-hydrogen) atoms. The maximum atomic E-state index is 13.5. The third kappa shape index (κ3) is 3.95. The minimum atomic E-state index is -0.204. The van der Waals surface area contributed by atoms with Gasteiger partial charge in [-0.15, -0.1) is 0 Å². The maximum absolute atomic E-state index is 13.5. The Balaban J connectivity index is 1.77. The Hall–Kier alpha value is -0.640. The Morgan fingerprint density at radius 1 is 1.35 bits per heavy atom. The summed E-state index contributed by atoms with van der Waals surface area (Å²) in [5.41, 5.74) is 0.732. The first kappa shape index (κ1) is 12.8. The molecule has 0 spiro atoms. The minimum absolute atomic E-state index is 0.204. The Labute approximate surface area is 107 Å². The van der Waals surface area contributed by atoms with Gasteiger partial charge in [-0.1, -0.05) is 17.7 Å². The summed E-state index contributed by atoms with van der Waals surface area (Å²) < 4.78 is 13.5. The lowest BCUT2D eigenvalue weighted by atomic mass is 10.1. The van der Waals surface area contributed by atoms with Crippen molar-refractivity contribution in [1.82, 2.24) is 10.6 Å². The predicted octanol–water partition coefficient (Wildman–Crippen LogP) is 2.36. The summed E-state index contributed by atoms with van der Waals surface area (Å²) in [6.45, 7) is 2.98. The van der Waals surface area contributed by atoms with E-state index in [2.05, 4.69) is 10.6 Å². The molecule has 0 aromatic heterocycles. The summed E-state index contributed by atoms with van der Waals surface area (Å²) in [6, 6.07) is 5.46. The van der Waals surface area contributed by atoms with Crippen molar-refractivity contribution in [1.29, 1.82) is 0 Å². The molecule has 1 heterocycles. The molecule has 0 radical (unpaired) electrons. The molecule has 2 nitrogen and oxygen atoms in total. The van der Waals surface area contributed by atoms with E-state index in [0.717, 1.165) is 38.0 Å². The number of piperidine rings is 1. The summed E-state index contributed by atoms with van der Waals surface area (Å²) in [7, 11) is 0. The fourth-order valence-electron chi connectivity index (χ4n) is 2.16. The first-order valence-corrected chi connectivity index (χ1v) is 6.51. The molecule has 1 saturated heterocycles. The van der Waals surface area contributed by atoms with E-state index in [1.165, 1.54) is 6.07 Å². The van der Waals surface area contributed by atoms with Gasteiger partial charge in [-0.25, -0.2) is 4.39 Å². The van der Waals surface area contributed by atoms with Crippen molar-refractivity contribution in [3.05, 3.63) is 34.6 Å². The van der Waals surface area contributed by atoms with Gasteiger partial charge in [0.1, 0.15) is 5.82 Å². The van der Waals surface area contributed by atoms with Gasteiger partial charge in [0.05, 0.1) is 0 Å². The van der Waals surface area contributed by atoms with Crippen molar-refractivity contribution in [2.45, 2.75) is 25.3 Å². The number of hydrogen-bond donors (Lipinski definition) is 2. The number of nitrogens with one attached hydrogen (secondary N) is 2. The highest BCUT2D eigenvalue weighted by Gasteiger charge is 2.11. The fraction of sp³-hybridized carbons (Fsp3) is 0.538. The van der Waals surface area contributed by atoms with Crippen LogP contribution in [0.1, 0.15) is 18.4 Å². The number of hydrogen-bond acceptors (Lipinski definition) is 2. The molecule has 0 saturated carbocycles. The Kier molecular flexibility index (Phi) is 4.77. The molecule has 0 aliphatic carbocycles. The van der Waals surface area contributed by atoms with Gasteiger partial charge in [0.2, 0.25) is 0 Å². The number of halogens is 2. The van der Waals surface area contributed by atoms with Crippen LogP contribution >= 0.6 is 11.6 Å². The summed E-state index contributed by atoms with van der Waals surface area (Å²) in [4.78, 5) is 0. The zero-order chi connectivity index (χ0) is 12.1. The first-order valence-electron chi connectivity index (χ1n) is 6.14. The van der Waals surface area contributed by atoms with Crippen LogP contribution in [0.3, 0.4) is 0 Å². The van der Waals surface area contributed by atoms with Gasteiger partial charge in [-0.3, -0.25) is 0 Å².